The molecule has 0 spiro atoms. The molecule has 24 heavy (non-hydrogen) atoms. The van der Waals surface area contributed by atoms with Crippen LogP contribution in [0.4, 0.5) is 5.82 Å². The number of guanidine groups is 1. The van der Waals surface area contributed by atoms with Gasteiger partial charge in [0.25, 0.3) is 0 Å². The molecule has 0 aliphatic rings. The number of pyridine rings is 1. The highest BCUT2D eigenvalue weighted by atomic mass is 15.2. The van der Waals surface area contributed by atoms with Crippen LogP contribution in [0.1, 0.15) is 24.1 Å². The Morgan fingerprint density at radius 3 is 2.92 bits per heavy atom. The number of aromatic amines is 1. The fraction of sp³-hybridized carbons (Fsp3) is 0.471. The summed E-state index contributed by atoms with van der Waals surface area (Å²) < 4.78 is 0. The van der Waals surface area contributed by atoms with E-state index >= 15 is 0 Å². The van der Waals surface area contributed by atoms with E-state index in [4.69, 9.17) is 5.73 Å². The van der Waals surface area contributed by atoms with Gasteiger partial charge in [-0.1, -0.05) is 6.07 Å². The van der Waals surface area contributed by atoms with Gasteiger partial charge in [-0.2, -0.15) is 0 Å². The van der Waals surface area contributed by atoms with E-state index < -0.39 is 0 Å². The van der Waals surface area contributed by atoms with Crippen molar-refractivity contribution in [2.45, 2.75) is 26.2 Å². The first-order valence-electron chi connectivity index (χ1n) is 8.30. The fourth-order valence-electron chi connectivity index (χ4n) is 2.28. The van der Waals surface area contributed by atoms with E-state index in [-0.39, 0.29) is 0 Å². The Balaban J connectivity index is 1.57. The number of hydrogen-bond donors (Lipinski definition) is 3. The summed E-state index contributed by atoms with van der Waals surface area (Å²) in [7, 11) is 2.04. The number of nitrogens with one attached hydrogen (secondary N) is 2. The minimum atomic E-state index is 0.510. The summed E-state index contributed by atoms with van der Waals surface area (Å²) in [5.74, 6) is 1.49. The second kappa shape index (κ2) is 9.54. The Morgan fingerprint density at radius 1 is 1.33 bits per heavy atom. The second-order valence-corrected chi connectivity index (χ2v) is 5.84. The van der Waals surface area contributed by atoms with Crippen LogP contribution in [-0.4, -0.2) is 47.6 Å². The molecule has 0 fully saturated rings. The topological polar surface area (TPSA) is 95.2 Å². The lowest BCUT2D eigenvalue weighted by Crippen LogP contribution is -2.33. The van der Waals surface area contributed by atoms with Gasteiger partial charge in [-0.15, -0.1) is 0 Å². The predicted octanol–water partition coefficient (Wildman–Crippen LogP) is 1.48. The lowest BCUT2D eigenvalue weighted by Gasteiger charge is -2.17. The van der Waals surface area contributed by atoms with Crippen molar-refractivity contribution < 1.29 is 0 Å². The normalized spacial score (nSPS) is 11.5. The van der Waals surface area contributed by atoms with E-state index in [1.165, 1.54) is 5.56 Å². The Morgan fingerprint density at radius 2 is 2.21 bits per heavy atom. The van der Waals surface area contributed by atoms with E-state index in [1.807, 2.05) is 32.4 Å². The molecule has 0 bridgehead atoms. The highest BCUT2D eigenvalue weighted by molar-refractivity contribution is 5.77. The lowest BCUT2D eigenvalue weighted by molar-refractivity contribution is 0.746. The average molecular weight is 329 g/mol. The molecule has 2 aromatic heterocycles. The van der Waals surface area contributed by atoms with Crippen LogP contribution >= 0.6 is 0 Å². The molecule has 0 radical (unpaired) electrons. The molecule has 7 heteroatoms. The number of rotatable bonds is 9. The van der Waals surface area contributed by atoms with Crippen molar-refractivity contribution in [3.05, 3.63) is 42.1 Å². The van der Waals surface area contributed by atoms with Crippen molar-refractivity contribution in [1.82, 2.24) is 20.3 Å². The first-order chi connectivity index (χ1) is 11.6. The maximum absolute atomic E-state index is 5.87. The zero-order valence-electron chi connectivity index (χ0n) is 14.5. The summed E-state index contributed by atoms with van der Waals surface area (Å²) in [5.41, 5.74) is 8.18. The number of H-pyrrole nitrogens is 1. The first kappa shape index (κ1) is 17.8. The van der Waals surface area contributed by atoms with Gasteiger partial charge in [0.05, 0.1) is 6.33 Å². The number of aliphatic imine (C=N–C) groups is 1. The van der Waals surface area contributed by atoms with Gasteiger partial charge in [0.2, 0.25) is 0 Å². The van der Waals surface area contributed by atoms with Crippen LogP contribution in [0.25, 0.3) is 0 Å². The molecule has 0 amide bonds. The number of nitrogens with zero attached hydrogens (tertiary/aromatic N) is 4. The molecule has 0 unspecified atom stereocenters. The van der Waals surface area contributed by atoms with Crippen molar-refractivity contribution in [2.24, 2.45) is 10.7 Å². The molecule has 0 saturated heterocycles. The van der Waals surface area contributed by atoms with Gasteiger partial charge in [0.1, 0.15) is 5.82 Å². The van der Waals surface area contributed by atoms with Gasteiger partial charge in [0.15, 0.2) is 5.96 Å². The van der Waals surface area contributed by atoms with Gasteiger partial charge in [-0.05, 0) is 37.8 Å². The van der Waals surface area contributed by atoms with E-state index in [0.717, 1.165) is 43.9 Å². The van der Waals surface area contributed by atoms with Crippen molar-refractivity contribution >= 4 is 11.8 Å². The molecule has 2 rings (SSSR count). The Bertz CT molecular complexity index is 604. The van der Waals surface area contributed by atoms with Gasteiger partial charge < -0.3 is 20.9 Å². The van der Waals surface area contributed by atoms with Crippen LogP contribution in [0.3, 0.4) is 0 Å². The SMILES string of the molecule is Cc1ccc(N(C)CCCN=C(N)NCCCc2cnc[nH]2)nc1. The molecule has 0 aromatic carbocycles. The van der Waals surface area contributed by atoms with E-state index in [0.29, 0.717) is 12.5 Å². The summed E-state index contributed by atoms with van der Waals surface area (Å²) in [5, 5.41) is 3.14. The number of hydrogen-bond acceptors (Lipinski definition) is 4. The maximum Gasteiger partial charge on any atom is 0.188 e. The minimum absolute atomic E-state index is 0.510. The molecule has 0 atom stereocenters. The highest BCUT2D eigenvalue weighted by Crippen LogP contribution is 2.09. The summed E-state index contributed by atoms with van der Waals surface area (Å²) in [6, 6.07) is 4.11. The molecule has 0 aliphatic carbocycles. The van der Waals surface area contributed by atoms with Crippen molar-refractivity contribution in [3.63, 3.8) is 0 Å². The maximum atomic E-state index is 5.87. The first-order valence-corrected chi connectivity index (χ1v) is 8.30. The van der Waals surface area contributed by atoms with Crippen LogP contribution in [0.2, 0.25) is 0 Å². The average Bonchev–Trinajstić information content (AvgIpc) is 3.09. The Hall–Kier alpha value is -2.57. The molecule has 0 aliphatic heterocycles. The molecule has 4 N–H and O–H groups in total. The predicted molar refractivity (Wildman–Crippen MR) is 98.3 cm³/mol. The molecular formula is C17H27N7. The molecule has 0 saturated carbocycles. The number of aromatic nitrogens is 3. The quantitative estimate of drug-likeness (QED) is 0.368. The third kappa shape index (κ3) is 6.28. The zero-order valence-corrected chi connectivity index (χ0v) is 14.5. The monoisotopic (exact) mass is 329 g/mol. The van der Waals surface area contributed by atoms with Crippen molar-refractivity contribution in [2.75, 3.05) is 31.6 Å². The van der Waals surface area contributed by atoms with E-state index in [1.54, 1.807) is 6.33 Å². The molecule has 2 aromatic rings. The Kier molecular flexibility index (Phi) is 7.07. The highest BCUT2D eigenvalue weighted by Gasteiger charge is 2.01. The van der Waals surface area contributed by atoms with Crippen molar-refractivity contribution in [3.8, 4) is 0 Å². The molecule has 2 heterocycles. The van der Waals surface area contributed by atoms with E-state index in [2.05, 4.69) is 36.2 Å². The third-order valence-electron chi connectivity index (χ3n) is 3.70. The van der Waals surface area contributed by atoms with Gasteiger partial charge in [-0.25, -0.2) is 9.97 Å². The van der Waals surface area contributed by atoms with Gasteiger partial charge in [0, 0.05) is 44.8 Å². The third-order valence-corrected chi connectivity index (χ3v) is 3.70. The summed E-state index contributed by atoms with van der Waals surface area (Å²) in [6.45, 7) is 4.44. The number of nitrogens with two attached hydrogens (primary N) is 1. The smallest absolute Gasteiger partial charge is 0.188 e. The number of imidazole rings is 1. The molecular weight excluding hydrogens is 302 g/mol. The fourth-order valence-corrected chi connectivity index (χ4v) is 2.28. The molecule has 7 nitrogen and oxygen atoms in total. The standard InChI is InChI=1S/C17H27N7/c1-14-6-7-16(22-11-14)24(2)10-4-9-21-17(18)20-8-3-5-15-12-19-13-23-15/h6-7,11-13H,3-5,8-10H2,1-2H3,(H,19,23)(H3,18,20,21). The van der Waals surface area contributed by atoms with Crippen LogP contribution < -0.4 is 16.0 Å². The van der Waals surface area contributed by atoms with Crippen LogP contribution in [0, 0.1) is 6.92 Å². The van der Waals surface area contributed by atoms with E-state index in [9.17, 15) is 0 Å². The summed E-state index contributed by atoms with van der Waals surface area (Å²) in [4.78, 5) is 18.0. The van der Waals surface area contributed by atoms with Gasteiger partial charge >= 0.3 is 0 Å². The second-order valence-electron chi connectivity index (χ2n) is 5.84. The zero-order chi connectivity index (χ0) is 17.2. The summed E-state index contributed by atoms with van der Waals surface area (Å²) in [6.07, 6.45) is 8.30. The molecule has 130 valence electrons. The Labute approximate surface area is 143 Å². The number of anilines is 1. The largest absolute Gasteiger partial charge is 0.370 e. The van der Waals surface area contributed by atoms with Crippen molar-refractivity contribution in [1.29, 1.82) is 0 Å². The van der Waals surface area contributed by atoms with Crippen LogP contribution in [-0.2, 0) is 6.42 Å². The number of aryl methyl sites for hydroxylation is 2. The van der Waals surface area contributed by atoms with Crippen LogP contribution in [0.15, 0.2) is 35.8 Å². The van der Waals surface area contributed by atoms with Crippen LogP contribution in [0.5, 0.6) is 0 Å². The summed E-state index contributed by atoms with van der Waals surface area (Å²) >= 11 is 0. The van der Waals surface area contributed by atoms with Gasteiger partial charge in [-0.3, -0.25) is 4.99 Å². The minimum Gasteiger partial charge on any atom is -0.370 e. The lowest BCUT2D eigenvalue weighted by atomic mass is 10.2.